The summed E-state index contributed by atoms with van der Waals surface area (Å²) in [6, 6.07) is 0. The summed E-state index contributed by atoms with van der Waals surface area (Å²) >= 11 is 1.32. The van der Waals surface area contributed by atoms with E-state index in [0.29, 0.717) is 24.9 Å². The minimum Gasteiger partial charge on any atom is -0.394 e. The van der Waals surface area contributed by atoms with Crippen LogP contribution in [0, 0.1) is 5.92 Å². The third kappa shape index (κ3) is 6.97. The van der Waals surface area contributed by atoms with Crippen molar-refractivity contribution in [2.24, 2.45) is 5.92 Å². The van der Waals surface area contributed by atoms with Crippen molar-refractivity contribution in [2.45, 2.75) is 69.7 Å². The van der Waals surface area contributed by atoms with Crippen molar-refractivity contribution in [3.05, 3.63) is 11.9 Å². The Morgan fingerprint density at radius 2 is 2.04 bits per heavy atom. The highest BCUT2D eigenvalue weighted by atomic mass is 32.2. The number of aromatic nitrogens is 3. The van der Waals surface area contributed by atoms with Crippen LogP contribution < -0.4 is 0 Å². The van der Waals surface area contributed by atoms with Gasteiger partial charge < -0.3 is 29.9 Å². The summed E-state index contributed by atoms with van der Waals surface area (Å²) in [6.45, 7) is 5.69. The van der Waals surface area contributed by atoms with Crippen molar-refractivity contribution in [2.75, 3.05) is 19.0 Å². The van der Waals surface area contributed by atoms with E-state index in [1.54, 1.807) is 0 Å². The molecule has 0 saturated carbocycles. The predicted octanol–water partition coefficient (Wildman–Crippen LogP) is -0.236. The van der Waals surface area contributed by atoms with E-state index in [1.807, 2.05) is 10.9 Å². The zero-order valence-corrected chi connectivity index (χ0v) is 16.7. The standard InChI is InChI=1S/C17H31N3O6S/c1-11(2)4-5-20-8-12(18-19-20)10-25-6-3-7-27-17-16(24)15(23)14(22)13(9-21)26-17/h8,11,13-17,21-24H,3-7,9-10H2,1-2H3. The summed E-state index contributed by atoms with van der Waals surface area (Å²) in [7, 11) is 0. The summed E-state index contributed by atoms with van der Waals surface area (Å²) in [5, 5.41) is 46.8. The lowest BCUT2D eigenvalue weighted by molar-refractivity contribution is -0.205. The Balaban J connectivity index is 1.60. The number of aliphatic hydroxyl groups excluding tert-OH is 4. The average Bonchev–Trinajstić information content (AvgIpc) is 3.10. The Hall–Kier alpha value is -0.750. The Morgan fingerprint density at radius 3 is 2.74 bits per heavy atom. The van der Waals surface area contributed by atoms with Crippen molar-refractivity contribution >= 4 is 11.8 Å². The van der Waals surface area contributed by atoms with Gasteiger partial charge in [-0.2, -0.15) is 0 Å². The molecule has 0 aliphatic carbocycles. The Bertz CT molecular complexity index is 544. The molecule has 156 valence electrons. The summed E-state index contributed by atoms with van der Waals surface area (Å²) in [5.74, 6) is 1.26. The topological polar surface area (TPSA) is 130 Å². The minimum atomic E-state index is -1.33. The van der Waals surface area contributed by atoms with Crippen LogP contribution in [0.5, 0.6) is 0 Å². The molecular weight excluding hydrogens is 374 g/mol. The van der Waals surface area contributed by atoms with Crippen molar-refractivity contribution in [3.63, 3.8) is 0 Å². The molecule has 10 heteroatoms. The van der Waals surface area contributed by atoms with E-state index in [1.165, 1.54) is 11.8 Å². The highest BCUT2D eigenvalue weighted by Gasteiger charge is 2.43. The first-order valence-corrected chi connectivity index (χ1v) is 10.4. The van der Waals surface area contributed by atoms with Gasteiger partial charge in [-0.25, -0.2) is 0 Å². The quantitative estimate of drug-likeness (QED) is 0.369. The van der Waals surface area contributed by atoms with Gasteiger partial charge in [0.2, 0.25) is 0 Å². The Morgan fingerprint density at radius 1 is 1.26 bits per heavy atom. The molecule has 4 N–H and O–H groups in total. The smallest absolute Gasteiger partial charge is 0.132 e. The molecule has 1 aliphatic rings. The lowest BCUT2D eigenvalue weighted by Gasteiger charge is -2.39. The van der Waals surface area contributed by atoms with Crippen LogP contribution in [-0.4, -0.2) is 84.2 Å². The second-order valence-corrected chi connectivity index (χ2v) is 8.34. The fourth-order valence-corrected chi connectivity index (χ4v) is 3.74. The van der Waals surface area contributed by atoms with Gasteiger partial charge in [0.25, 0.3) is 0 Å². The lowest BCUT2D eigenvalue weighted by atomic mass is 10.0. The second kappa shape index (κ2) is 11.3. The van der Waals surface area contributed by atoms with Crippen LogP contribution in [-0.2, 0) is 22.6 Å². The summed E-state index contributed by atoms with van der Waals surface area (Å²) in [6.07, 6.45) is -1.04. The van der Waals surface area contributed by atoms with Crippen molar-refractivity contribution in [3.8, 4) is 0 Å². The molecule has 0 aromatic carbocycles. The van der Waals surface area contributed by atoms with Crippen LogP contribution in [0.4, 0.5) is 0 Å². The third-order valence-electron chi connectivity index (χ3n) is 4.34. The number of hydrogen-bond donors (Lipinski definition) is 4. The first-order chi connectivity index (χ1) is 12.9. The summed E-state index contributed by atoms with van der Waals surface area (Å²) in [5.41, 5.74) is 0.0988. The zero-order valence-electron chi connectivity index (χ0n) is 15.8. The molecule has 0 radical (unpaired) electrons. The van der Waals surface area contributed by atoms with Gasteiger partial charge in [0.05, 0.1) is 19.4 Å². The molecule has 0 bridgehead atoms. The van der Waals surface area contributed by atoms with Gasteiger partial charge in [-0.1, -0.05) is 19.1 Å². The molecule has 1 saturated heterocycles. The first kappa shape index (κ1) is 22.5. The minimum absolute atomic E-state index is 0.395. The fourth-order valence-electron chi connectivity index (χ4n) is 2.65. The van der Waals surface area contributed by atoms with Crippen LogP contribution in [0.3, 0.4) is 0 Å². The molecule has 1 aromatic rings. The molecule has 2 heterocycles. The van der Waals surface area contributed by atoms with Gasteiger partial charge in [0, 0.05) is 13.2 Å². The normalized spacial score (nSPS) is 28.8. The monoisotopic (exact) mass is 405 g/mol. The highest BCUT2D eigenvalue weighted by molar-refractivity contribution is 7.99. The Labute approximate surface area is 163 Å². The van der Waals surface area contributed by atoms with Crippen LogP contribution in [0.15, 0.2) is 6.20 Å². The molecule has 0 spiro atoms. The predicted molar refractivity (Wildman–Crippen MR) is 100.0 cm³/mol. The number of rotatable bonds is 11. The highest BCUT2D eigenvalue weighted by Crippen LogP contribution is 2.28. The van der Waals surface area contributed by atoms with Gasteiger partial charge >= 0.3 is 0 Å². The number of aryl methyl sites for hydroxylation is 1. The number of aliphatic hydroxyl groups is 4. The maximum Gasteiger partial charge on any atom is 0.132 e. The summed E-state index contributed by atoms with van der Waals surface area (Å²) in [4.78, 5) is 0. The first-order valence-electron chi connectivity index (χ1n) is 9.31. The van der Waals surface area contributed by atoms with E-state index in [0.717, 1.165) is 25.1 Å². The van der Waals surface area contributed by atoms with Crippen LogP contribution in [0.1, 0.15) is 32.4 Å². The molecule has 5 atom stereocenters. The molecule has 9 nitrogen and oxygen atoms in total. The molecule has 2 rings (SSSR count). The van der Waals surface area contributed by atoms with Crippen molar-refractivity contribution in [1.29, 1.82) is 0 Å². The van der Waals surface area contributed by atoms with Crippen molar-refractivity contribution < 1.29 is 29.9 Å². The van der Waals surface area contributed by atoms with E-state index >= 15 is 0 Å². The van der Waals surface area contributed by atoms with E-state index in [4.69, 9.17) is 9.47 Å². The number of thioether (sulfide) groups is 1. The van der Waals surface area contributed by atoms with Gasteiger partial charge in [0.1, 0.15) is 35.5 Å². The van der Waals surface area contributed by atoms with Crippen LogP contribution >= 0.6 is 11.8 Å². The van der Waals surface area contributed by atoms with Gasteiger partial charge in [-0.05, 0) is 24.5 Å². The fraction of sp³-hybridized carbons (Fsp3) is 0.882. The molecule has 27 heavy (non-hydrogen) atoms. The molecule has 0 amide bonds. The largest absolute Gasteiger partial charge is 0.394 e. The third-order valence-corrected chi connectivity index (χ3v) is 5.58. The van der Waals surface area contributed by atoms with E-state index < -0.39 is 36.5 Å². The van der Waals surface area contributed by atoms with Gasteiger partial charge in [0.15, 0.2) is 0 Å². The number of ether oxygens (including phenoxy) is 2. The zero-order chi connectivity index (χ0) is 19.8. The maximum absolute atomic E-state index is 9.97. The van der Waals surface area contributed by atoms with E-state index in [9.17, 15) is 20.4 Å². The summed E-state index contributed by atoms with van der Waals surface area (Å²) < 4.78 is 12.9. The maximum atomic E-state index is 9.97. The van der Waals surface area contributed by atoms with Crippen LogP contribution in [0.25, 0.3) is 0 Å². The van der Waals surface area contributed by atoms with E-state index in [2.05, 4.69) is 24.2 Å². The number of hydrogen-bond acceptors (Lipinski definition) is 9. The molecule has 1 aliphatic heterocycles. The lowest BCUT2D eigenvalue weighted by Crippen LogP contribution is -2.57. The molecule has 1 fully saturated rings. The number of nitrogens with zero attached hydrogens (tertiary/aromatic N) is 3. The second-order valence-electron chi connectivity index (χ2n) is 7.13. The van der Waals surface area contributed by atoms with Gasteiger partial charge in [-0.15, -0.1) is 16.9 Å². The van der Waals surface area contributed by atoms with Gasteiger partial charge in [-0.3, -0.25) is 4.68 Å². The SMILES string of the molecule is CC(C)CCn1cc(COCCCSC2OC(CO)C(O)C(O)C2O)nn1. The van der Waals surface area contributed by atoms with Crippen LogP contribution in [0.2, 0.25) is 0 Å². The van der Waals surface area contributed by atoms with Crippen molar-refractivity contribution in [1.82, 2.24) is 15.0 Å². The average molecular weight is 406 g/mol. The van der Waals surface area contributed by atoms with E-state index in [-0.39, 0.29) is 0 Å². The Kier molecular flexibility index (Phi) is 9.43. The molecule has 5 unspecified atom stereocenters. The molecule has 1 aromatic heterocycles. The molecular formula is C17H31N3O6S.